The van der Waals surface area contributed by atoms with Crippen LogP contribution in [0.3, 0.4) is 0 Å². The molecule has 0 amide bonds. The van der Waals surface area contributed by atoms with E-state index in [0.29, 0.717) is 12.0 Å². The van der Waals surface area contributed by atoms with Crippen LogP contribution in [0.5, 0.6) is 0 Å². The molecule has 6 heteroatoms. The molecule has 1 saturated heterocycles. The summed E-state index contributed by atoms with van der Waals surface area (Å²) in [6.07, 6.45) is 3.74. The molecule has 2 atom stereocenters. The molecule has 24 heavy (non-hydrogen) atoms. The van der Waals surface area contributed by atoms with Crippen LogP contribution in [0.2, 0.25) is 0 Å². The zero-order valence-corrected chi connectivity index (χ0v) is 18.4. The number of likely N-dealkylation sites (N-methyl/N-ethyl adjacent to an activating group) is 1. The van der Waals surface area contributed by atoms with Crippen molar-refractivity contribution >= 4 is 41.3 Å². The predicted molar refractivity (Wildman–Crippen MR) is 117 cm³/mol. The number of nitrogens with one attached hydrogen (secondary N) is 2. The Morgan fingerprint density at radius 1 is 1.42 bits per heavy atom. The highest BCUT2D eigenvalue weighted by molar-refractivity contribution is 14.0. The number of hydrogen-bond donors (Lipinski definition) is 2. The number of halogens is 1. The van der Waals surface area contributed by atoms with Gasteiger partial charge in [0, 0.05) is 30.6 Å². The van der Waals surface area contributed by atoms with Crippen LogP contribution in [-0.2, 0) is 6.42 Å². The molecule has 2 heterocycles. The van der Waals surface area contributed by atoms with E-state index in [9.17, 15) is 0 Å². The van der Waals surface area contributed by atoms with E-state index >= 15 is 0 Å². The number of rotatable bonds is 8. The lowest BCUT2D eigenvalue weighted by Crippen LogP contribution is -2.45. The third-order valence-corrected chi connectivity index (χ3v) is 5.34. The summed E-state index contributed by atoms with van der Waals surface area (Å²) in [5.41, 5.74) is 0. The number of guanidine groups is 1. The second-order valence-corrected chi connectivity index (χ2v) is 7.45. The lowest BCUT2D eigenvalue weighted by molar-refractivity contribution is 0.267. The first-order valence-corrected chi connectivity index (χ1v) is 9.89. The Kier molecular flexibility index (Phi) is 10.9. The predicted octanol–water partition coefficient (Wildman–Crippen LogP) is 3.58. The molecular formula is C18H33IN4S. The molecule has 0 saturated carbocycles. The van der Waals surface area contributed by atoms with Crippen LogP contribution in [-0.4, -0.2) is 49.6 Å². The lowest BCUT2D eigenvalue weighted by atomic mass is 10.1. The quantitative estimate of drug-likeness (QED) is 0.351. The first-order chi connectivity index (χ1) is 11.2. The molecule has 0 spiro atoms. The molecule has 1 fully saturated rings. The maximum atomic E-state index is 4.79. The summed E-state index contributed by atoms with van der Waals surface area (Å²) in [6, 6.07) is 5.00. The lowest BCUT2D eigenvalue weighted by Gasteiger charge is -2.24. The minimum absolute atomic E-state index is 0. The smallest absolute Gasteiger partial charge is 0.191 e. The second kappa shape index (κ2) is 12.1. The van der Waals surface area contributed by atoms with Crippen LogP contribution < -0.4 is 10.6 Å². The minimum Gasteiger partial charge on any atom is -0.357 e. The van der Waals surface area contributed by atoms with Crippen LogP contribution >= 0.6 is 35.3 Å². The fourth-order valence-corrected chi connectivity index (χ4v) is 4.05. The van der Waals surface area contributed by atoms with Gasteiger partial charge in [0.25, 0.3) is 0 Å². The SMILES string of the molecule is CCNC(=NCC(C)Cc1cccs1)NCC1CCCN1CC.I. The van der Waals surface area contributed by atoms with E-state index in [0.717, 1.165) is 38.6 Å². The Bertz CT molecular complexity index is 464. The van der Waals surface area contributed by atoms with E-state index in [1.165, 1.54) is 24.3 Å². The molecular weight excluding hydrogens is 431 g/mol. The Morgan fingerprint density at radius 3 is 2.92 bits per heavy atom. The Labute approximate surface area is 168 Å². The zero-order valence-electron chi connectivity index (χ0n) is 15.3. The van der Waals surface area contributed by atoms with Crippen LogP contribution in [0.1, 0.15) is 38.5 Å². The van der Waals surface area contributed by atoms with Gasteiger partial charge in [0.2, 0.25) is 0 Å². The highest BCUT2D eigenvalue weighted by Gasteiger charge is 2.22. The van der Waals surface area contributed by atoms with Gasteiger partial charge >= 0.3 is 0 Å². The van der Waals surface area contributed by atoms with Gasteiger partial charge in [-0.15, -0.1) is 35.3 Å². The molecule has 0 radical (unpaired) electrons. The summed E-state index contributed by atoms with van der Waals surface area (Å²) in [5.74, 6) is 1.54. The van der Waals surface area contributed by atoms with Crippen molar-refractivity contribution in [3.63, 3.8) is 0 Å². The van der Waals surface area contributed by atoms with Crippen LogP contribution in [0.4, 0.5) is 0 Å². The summed E-state index contributed by atoms with van der Waals surface area (Å²) < 4.78 is 0. The Morgan fingerprint density at radius 2 is 2.25 bits per heavy atom. The molecule has 1 aliphatic rings. The molecule has 1 aliphatic heterocycles. The molecule has 4 nitrogen and oxygen atoms in total. The van der Waals surface area contributed by atoms with Crippen LogP contribution in [0.25, 0.3) is 0 Å². The maximum absolute atomic E-state index is 4.79. The zero-order chi connectivity index (χ0) is 16.5. The van der Waals surface area contributed by atoms with Gasteiger partial charge in [-0.3, -0.25) is 9.89 Å². The summed E-state index contributed by atoms with van der Waals surface area (Å²) in [6.45, 7) is 11.8. The van der Waals surface area contributed by atoms with E-state index in [4.69, 9.17) is 4.99 Å². The van der Waals surface area contributed by atoms with E-state index in [-0.39, 0.29) is 24.0 Å². The fraction of sp³-hybridized carbons (Fsp3) is 0.722. The minimum atomic E-state index is 0. The highest BCUT2D eigenvalue weighted by Crippen LogP contribution is 2.16. The molecule has 0 aromatic carbocycles. The summed E-state index contributed by atoms with van der Waals surface area (Å²) in [5, 5.41) is 9.07. The largest absolute Gasteiger partial charge is 0.357 e. The molecule has 1 aromatic heterocycles. The number of nitrogens with zero attached hydrogens (tertiary/aromatic N) is 2. The van der Waals surface area contributed by atoms with E-state index in [1.54, 1.807) is 0 Å². The van der Waals surface area contributed by atoms with Gasteiger partial charge in [0.05, 0.1) is 0 Å². The third-order valence-electron chi connectivity index (χ3n) is 4.45. The Hall–Kier alpha value is -0.340. The Balaban J connectivity index is 0.00000288. The van der Waals surface area contributed by atoms with Crippen molar-refractivity contribution in [1.82, 2.24) is 15.5 Å². The maximum Gasteiger partial charge on any atom is 0.191 e. The first kappa shape index (κ1) is 21.7. The first-order valence-electron chi connectivity index (χ1n) is 9.01. The molecule has 2 rings (SSSR count). The number of thiophene rings is 1. The molecule has 0 aliphatic carbocycles. The van der Waals surface area contributed by atoms with Gasteiger partial charge in [-0.2, -0.15) is 0 Å². The standard InChI is InChI=1S/C18H32N4S.HI/c1-4-19-18(21-14-16-8-6-10-22(16)5-2)20-13-15(3)12-17-9-7-11-23-17;/h7,9,11,15-16H,4-6,8,10,12-14H2,1-3H3,(H2,19,20,21);1H. The number of likely N-dealkylation sites (tertiary alicyclic amines) is 1. The monoisotopic (exact) mass is 464 g/mol. The van der Waals surface area contributed by atoms with Gasteiger partial charge in [-0.05, 0) is 56.6 Å². The molecule has 2 unspecified atom stereocenters. The summed E-state index contributed by atoms with van der Waals surface area (Å²) >= 11 is 1.84. The second-order valence-electron chi connectivity index (χ2n) is 6.41. The summed E-state index contributed by atoms with van der Waals surface area (Å²) in [4.78, 5) is 8.81. The van der Waals surface area contributed by atoms with E-state index < -0.39 is 0 Å². The van der Waals surface area contributed by atoms with Crippen molar-refractivity contribution < 1.29 is 0 Å². The molecule has 138 valence electrons. The van der Waals surface area contributed by atoms with Gasteiger partial charge in [0.1, 0.15) is 0 Å². The average molecular weight is 464 g/mol. The van der Waals surface area contributed by atoms with Crippen molar-refractivity contribution in [2.24, 2.45) is 10.9 Å². The molecule has 0 bridgehead atoms. The van der Waals surface area contributed by atoms with E-state index in [2.05, 4.69) is 53.8 Å². The van der Waals surface area contributed by atoms with Gasteiger partial charge < -0.3 is 10.6 Å². The van der Waals surface area contributed by atoms with Crippen molar-refractivity contribution in [2.45, 2.75) is 46.1 Å². The normalized spacial score (nSPS) is 19.8. The highest BCUT2D eigenvalue weighted by atomic mass is 127. The van der Waals surface area contributed by atoms with Crippen molar-refractivity contribution in [3.05, 3.63) is 22.4 Å². The molecule has 2 N–H and O–H groups in total. The number of hydrogen-bond acceptors (Lipinski definition) is 3. The average Bonchev–Trinajstić information content (AvgIpc) is 3.21. The van der Waals surface area contributed by atoms with E-state index in [1.807, 2.05) is 11.3 Å². The fourth-order valence-electron chi connectivity index (χ4n) is 3.18. The van der Waals surface area contributed by atoms with Gasteiger partial charge in [0.15, 0.2) is 5.96 Å². The van der Waals surface area contributed by atoms with Crippen molar-refractivity contribution in [2.75, 3.05) is 32.7 Å². The van der Waals surface area contributed by atoms with Crippen LogP contribution in [0, 0.1) is 5.92 Å². The van der Waals surface area contributed by atoms with Crippen molar-refractivity contribution in [3.8, 4) is 0 Å². The van der Waals surface area contributed by atoms with Crippen LogP contribution in [0.15, 0.2) is 22.5 Å². The molecule has 1 aromatic rings. The number of aliphatic imine (C=N–C) groups is 1. The van der Waals surface area contributed by atoms with Gasteiger partial charge in [-0.25, -0.2) is 0 Å². The topological polar surface area (TPSA) is 39.7 Å². The summed E-state index contributed by atoms with van der Waals surface area (Å²) in [7, 11) is 0. The third kappa shape index (κ3) is 7.27. The van der Waals surface area contributed by atoms with Crippen molar-refractivity contribution in [1.29, 1.82) is 0 Å². The van der Waals surface area contributed by atoms with Gasteiger partial charge in [-0.1, -0.05) is 19.9 Å².